The Morgan fingerprint density at radius 1 is 1.24 bits per heavy atom. The Kier molecular flexibility index (Phi) is 7.35. The summed E-state index contributed by atoms with van der Waals surface area (Å²) in [4.78, 5) is 42.7. The van der Waals surface area contributed by atoms with Crippen LogP contribution in [0.5, 0.6) is 0 Å². The molecule has 0 fully saturated rings. The number of nitrogens with zero attached hydrogens (tertiary/aromatic N) is 4. The summed E-state index contributed by atoms with van der Waals surface area (Å²) in [5.41, 5.74) is 3.03. The Balaban J connectivity index is 1.34. The molecule has 2 aromatic heterocycles. The molecule has 0 aliphatic carbocycles. The normalized spacial score (nSPS) is 15.7. The molecule has 1 atom stereocenters. The number of benzene rings is 1. The van der Waals surface area contributed by atoms with Gasteiger partial charge in [0.05, 0.1) is 6.33 Å². The van der Waals surface area contributed by atoms with Gasteiger partial charge in [-0.15, -0.1) is 11.8 Å². The predicted octanol–water partition coefficient (Wildman–Crippen LogP) is 3.96. The van der Waals surface area contributed by atoms with Gasteiger partial charge in [0, 0.05) is 31.0 Å². The molecule has 10 heteroatoms. The van der Waals surface area contributed by atoms with Gasteiger partial charge in [-0.05, 0) is 51.2 Å². The first-order valence-corrected chi connectivity index (χ1v) is 12.4. The van der Waals surface area contributed by atoms with Crippen molar-refractivity contribution in [1.82, 2.24) is 25.3 Å². The number of hydrogen-bond acceptors (Lipinski definition) is 7. The van der Waals surface area contributed by atoms with E-state index >= 15 is 0 Å². The summed E-state index contributed by atoms with van der Waals surface area (Å²) in [6.45, 7) is 6.67. The van der Waals surface area contributed by atoms with Crippen LogP contribution >= 0.6 is 11.8 Å². The summed E-state index contributed by atoms with van der Waals surface area (Å²) >= 11 is 1.52. The monoisotopic (exact) mass is 482 g/mol. The number of aromatic amines is 1. The van der Waals surface area contributed by atoms with E-state index in [1.807, 2.05) is 43.9 Å². The van der Waals surface area contributed by atoms with Crippen molar-refractivity contribution >= 4 is 40.6 Å². The smallest absolute Gasteiger partial charge is 0.407 e. The van der Waals surface area contributed by atoms with Crippen molar-refractivity contribution in [1.29, 1.82) is 0 Å². The first kappa shape index (κ1) is 24.0. The Labute approximate surface area is 203 Å². The lowest BCUT2D eigenvalue weighted by molar-refractivity contribution is -0.118. The second-order valence-electron chi connectivity index (χ2n) is 9.30. The lowest BCUT2D eigenvalue weighted by Crippen LogP contribution is -2.41. The molecule has 2 N–H and O–H groups in total. The zero-order valence-corrected chi connectivity index (χ0v) is 20.5. The molecular weight excluding hydrogens is 452 g/mol. The van der Waals surface area contributed by atoms with E-state index in [1.54, 1.807) is 6.33 Å². The maximum atomic E-state index is 13.2. The summed E-state index contributed by atoms with van der Waals surface area (Å²) < 4.78 is 5.31. The molecule has 3 aromatic rings. The van der Waals surface area contributed by atoms with Crippen molar-refractivity contribution in [3.63, 3.8) is 0 Å². The van der Waals surface area contributed by atoms with Gasteiger partial charge in [-0.2, -0.15) is 0 Å². The van der Waals surface area contributed by atoms with Crippen LogP contribution in [-0.4, -0.2) is 56.4 Å². The lowest BCUT2D eigenvalue weighted by Gasteiger charge is -2.35. The Hall–Kier alpha value is -3.14. The minimum Gasteiger partial charge on any atom is -0.444 e. The van der Waals surface area contributed by atoms with Gasteiger partial charge < -0.3 is 19.9 Å². The molecule has 0 bridgehead atoms. The average Bonchev–Trinajstić information content (AvgIpc) is 3.27. The van der Waals surface area contributed by atoms with Crippen molar-refractivity contribution in [2.75, 3.05) is 23.7 Å². The number of carbonyl (C=O) groups is 2. The van der Waals surface area contributed by atoms with Crippen molar-refractivity contribution in [3.8, 4) is 0 Å². The number of nitrogens with one attached hydrogen (secondary N) is 2. The SMILES string of the molecule is CC(C)(C)OC(=O)NCCC1Cc2ccccc2N(C(=O)CCSc2ncnc3nc[nH]c23)C1. The van der Waals surface area contributed by atoms with Crippen molar-refractivity contribution < 1.29 is 14.3 Å². The quantitative estimate of drug-likeness (QED) is 0.387. The summed E-state index contributed by atoms with van der Waals surface area (Å²) in [6.07, 6.45) is 4.71. The van der Waals surface area contributed by atoms with Crippen LogP contribution in [-0.2, 0) is 16.0 Å². The first-order chi connectivity index (χ1) is 16.3. The molecule has 3 heterocycles. The van der Waals surface area contributed by atoms with Gasteiger partial charge >= 0.3 is 6.09 Å². The number of hydrogen-bond donors (Lipinski definition) is 2. The molecule has 0 saturated heterocycles. The number of anilines is 1. The minimum absolute atomic E-state index is 0.0830. The number of carbonyl (C=O) groups excluding carboxylic acids is 2. The number of fused-ring (bicyclic) bond motifs is 2. The third kappa shape index (κ3) is 6.05. The van der Waals surface area contributed by atoms with Crippen LogP contribution in [0.2, 0.25) is 0 Å². The van der Waals surface area contributed by atoms with E-state index in [-0.39, 0.29) is 11.8 Å². The van der Waals surface area contributed by atoms with Gasteiger partial charge in [-0.3, -0.25) is 4.79 Å². The third-order valence-corrected chi connectivity index (χ3v) is 6.49. The molecule has 0 spiro atoms. The first-order valence-electron chi connectivity index (χ1n) is 11.4. The number of ether oxygens (including phenoxy) is 1. The molecule has 1 unspecified atom stereocenters. The molecule has 4 rings (SSSR count). The highest BCUT2D eigenvalue weighted by Crippen LogP contribution is 2.32. The van der Waals surface area contributed by atoms with Crippen LogP contribution in [0, 0.1) is 5.92 Å². The fourth-order valence-electron chi connectivity index (χ4n) is 4.02. The fraction of sp³-hybridized carbons (Fsp3) is 0.458. The Morgan fingerprint density at radius 2 is 2.06 bits per heavy atom. The second-order valence-corrected chi connectivity index (χ2v) is 10.4. The van der Waals surface area contributed by atoms with E-state index in [2.05, 4.69) is 31.3 Å². The van der Waals surface area contributed by atoms with Crippen LogP contribution in [0.1, 0.15) is 39.2 Å². The molecule has 1 aliphatic rings. The topological polar surface area (TPSA) is 113 Å². The number of aromatic nitrogens is 4. The second kappa shape index (κ2) is 10.4. The molecule has 0 saturated carbocycles. The maximum absolute atomic E-state index is 13.2. The maximum Gasteiger partial charge on any atom is 0.407 e. The molecule has 0 radical (unpaired) electrons. The van der Waals surface area contributed by atoms with Gasteiger partial charge in [0.1, 0.15) is 22.5 Å². The number of para-hydroxylation sites is 1. The highest BCUT2D eigenvalue weighted by atomic mass is 32.2. The number of imidazole rings is 1. The zero-order chi connectivity index (χ0) is 24.1. The number of thioether (sulfide) groups is 1. The molecule has 34 heavy (non-hydrogen) atoms. The summed E-state index contributed by atoms with van der Waals surface area (Å²) in [5, 5.41) is 3.62. The van der Waals surface area contributed by atoms with E-state index in [0.29, 0.717) is 30.9 Å². The standard InChI is InChI=1S/C24H30N6O3S/c1-24(2,3)33-23(32)25-10-8-16-12-17-6-4-5-7-18(17)30(13-16)19(31)9-11-34-22-20-21(27-14-26-20)28-15-29-22/h4-7,14-16H,8-13H2,1-3H3,(H,25,32)(H,26,27,28,29). The van der Waals surface area contributed by atoms with Crippen LogP contribution in [0.15, 0.2) is 41.9 Å². The minimum atomic E-state index is -0.524. The van der Waals surface area contributed by atoms with Gasteiger partial charge in [0.2, 0.25) is 5.91 Å². The van der Waals surface area contributed by atoms with Gasteiger partial charge in [0.25, 0.3) is 0 Å². The molecule has 1 aliphatic heterocycles. The molecular formula is C24H30N6O3S. The van der Waals surface area contributed by atoms with Gasteiger partial charge in [0.15, 0.2) is 5.65 Å². The largest absolute Gasteiger partial charge is 0.444 e. The Morgan fingerprint density at radius 3 is 2.88 bits per heavy atom. The van der Waals surface area contributed by atoms with Crippen LogP contribution in [0.3, 0.4) is 0 Å². The third-order valence-electron chi connectivity index (χ3n) is 5.50. The summed E-state index contributed by atoms with van der Waals surface area (Å²) in [6, 6.07) is 8.05. The van der Waals surface area contributed by atoms with Crippen LogP contribution < -0.4 is 10.2 Å². The molecule has 9 nitrogen and oxygen atoms in total. The average molecular weight is 483 g/mol. The molecule has 180 valence electrons. The fourth-order valence-corrected chi connectivity index (χ4v) is 4.91. The van der Waals surface area contributed by atoms with E-state index < -0.39 is 11.7 Å². The lowest BCUT2D eigenvalue weighted by atomic mass is 9.90. The van der Waals surface area contributed by atoms with Crippen molar-refractivity contribution in [3.05, 3.63) is 42.5 Å². The molecule has 1 aromatic carbocycles. The predicted molar refractivity (Wildman–Crippen MR) is 132 cm³/mol. The van der Waals surface area contributed by atoms with E-state index in [0.717, 1.165) is 34.6 Å². The highest BCUT2D eigenvalue weighted by Gasteiger charge is 2.28. The van der Waals surface area contributed by atoms with Crippen LogP contribution in [0.4, 0.5) is 10.5 Å². The van der Waals surface area contributed by atoms with Gasteiger partial charge in [-0.1, -0.05) is 18.2 Å². The highest BCUT2D eigenvalue weighted by molar-refractivity contribution is 7.99. The Bertz CT molecular complexity index is 1160. The zero-order valence-electron chi connectivity index (χ0n) is 19.7. The van der Waals surface area contributed by atoms with Crippen molar-refractivity contribution in [2.45, 2.75) is 50.7 Å². The van der Waals surface area contributed by atoms with E-state index in [9.17, 15) is 9.59 Å². The number of rotatable bonds is 7. The van der Waals surface area contributed by atoms with E-state index in [4.69, 9.17) is 4.74 Å². The summed E-state index contributed by atoms with van der Waals surface area (Å²) in [5.74, 6) is 0.945. The van der Waals surface area contributed by atoms with Crippen LogP contribution in [0.25, 0.3) is 11.2 Å². The van der Waals surface area contributed by atoms with Gasteiger partial charge in [-0.25, -0.2) is 19.7 Å². The number of amides is 2. The summed E-state index contributed by atoms with van der Waals surface area (Å²) in [7, 11) is 0. The van der Waals surface area contributed by atoms with Crippen molar-refractivity contribution in [2.24, 2.45) is 5.92 Å². The number of H-pyrrole nitrogens is 1. The van der Waals surface area contributed by atoms with E-state index in [1.165, 1.54) is 18.1 Å². The molecule has 2 amide bonds. The number of alkyl carbamates (subject to hydrolysis) is 1.